The Morgan fingerprint density at radius 1 is 1.08 bits per heavy atom. The maximum atomic E-state index is 12.0. The van der Waals surface area contributed by atoms with Crippen LogP contribution in [0.1, 0.15) is 28.7 Å². The van der Waals surface area contributed by atoms with Crippen molar-refractivity contribution in [2.24, 2.45) is 0 Å². The van der Waals surface area contributed by atoms with Crippen molar-refractivity contribution >= 4 is 5.97 Å². The van der Waals surface area contributed by atoms with Crippen LogP contribution in [0.4, 0.5) is 0 Å². The molecule has 0 aliphatic heterocycles. The number of rotatable bonds is 6. The lowest BCUT2D eigenvalue weighted by molar-refractivity contribution is 0.0430. The fraction of sp³-hybridized carbons (Fsp3) is 0.211. The lowest BCUT2D eigenvalue weighted by atomic mass is 10.1. The van der Waals surface area contributed by atoms with E-state index in [4.69, 9.17) is 14.0 Å². The Kier molecular flexibility index (Phi) is 5.09. The van der Waals surface area contributed by atoms with Crippen LogP contribution < -0.4 is 4.74 Å². The van der Waals surface area contributed by atoms with Gasteiger partial charge in [0, 0.05) is 5.56 Å². The Morgan fingerprint density at radius 2 is 1.80 bits per heavy atom. The maximum Gasteiger partial charge on any atom is 0.338 e. The highest BCUT2D eigenvalue weighted by atomic mass is 16.6. The number of nitrogens with zero attached hydrogens (tertiary/aromatic N) is 2. The van der Waals surface area contributed by atoms with Crippen LogP contribution in [0.2, 0.25) is 0 Å². The molecule has 0 fully saturated rings. The van der Waals surface area contributed by atoms with E-state index in [2.05, 4.69) is 10.1 Å². The van der Waals surface area contributed by atoms with Gasteiger partial charge in [-0.15, -0.1) is 0 Å². The van der Waals surface area contributed by atoms with E-state index in [-0.39, 0.29) is 12.5 Å². The quantitative estimate of drug-likeness (QED) is 0.636. The Hall–Kier alpha value is -3.15. The second-order valence-corrected chi connectivity index (χ2v) is 5.41. The van der Waals surface area contributed by atoms with Crippen LogP contribution in [0, 0.1) is 6.92 Å². The molecule has 2 aromatic carbocycles. The summed E-state index contributed by atoms with van der Waals surface area (Å²) in [5.41, 5.74) is 2.43. The van der Waals surface area contributed by atoms with Crippen LogP contribution in [0.25, 0.3) is 11.4 Å². The molecule has 1 heterocycles. The van der Waals surface area contributed by atoms with E-state index >= 15 is 0 Å². The number of hydrogen-bond acceptors (Lipinski definition) is 6. The topological polar surface area (TPSA) is 74.5 Å². The second-order valence-electron chi connectivity index (χ2n) is 5.41. The SMILES string of the molecule is CCOc1ccc(C(=O)OCc2nc(-c3ccc(C)cc3)no2)cc1. The molecule has 0 saturated heterocycles. The Morgan fingerprint density at radius 3 is 2.48 bits per heavy atom. The lowest BCUT2D eigenvalue weighted by Gasteiger charge is -2.04. The summed E-state index contributed by atoms with van der Waals surface area (Å²) in [6, 6.07) is 14.5. The molecule has 0 spiro atoms. The molecule has 0 unspecified atom stereocenters. The molecular formula is C19H18N2O4. The van der Waals surface area contributed by atoms with Gasteiger partial charge < -0.3 is 14.0 Å². The monoisotopic (exact) mass is 338 g/mol. The number of carbonyl (C=O) groups excluding carboxylic acids is 1. The van der Waals surface area contributed by atoms with E-state index in [1.807, 2.05) is 38.1 Å². The molecule has 0 N–H and O–H groups in total. The Bertz CT molecular complexity index is 839. The van der Waals surface area contributed by atoms with E-state index in [1.54, 1.807) is 24.3 Å². The molecule has 0 saturated carbocycles. The molecule has 25 heavy (non-hydrogen) atoms. The van der Waals surface area contributed by atoms with Crippen molar-refractivity contribution in [3.8, 4) is 17.1 Å². The van der Waals surface area contributed by atoms with Gasteiger partial charge in [-0.2, -0.15) is 4.98 Å². The second kappa shape index (κ2) is 7.61. The third kappa shape index (κ3) is 4.23. The zero-order valence-electron chi connectivity index (χ0n) is 14.1. The number of hydrogen-bond donors (Lipinski definition) is 0. The minimum atomic E-state index is -0.460. The highest BCUT2D eigenvalue weighted by Gasteiger charge is 2.12. The van der Waals surface area contributed by atoms with Gasteiger partial charge >= 0.3 is 5.97 Å². The largest absolute Gasteiger partial charge is 0.494 e. The average molecular weight is 338 g/mol. The van der Waals surface area contributed by atoms with Crippen molar-refractivity contribution in [2.45, 2.75) is 20.5 Å². The van der Waals surface area contributed by atoms with Gasteiger partial charge in [-0.1, -0.05) is 35.0 Å². The zero-order valence-corrected chi connectivity index (χ0v) is 14.1. The third-order valence-electron chi connectivity index (χ3n) is 3.51. The summed E-state index contributed by atoms with van der Waals surface area (Å²) >= 11 is 0. The van der Waals surface area contributed by atoms with E-state index < -0.39 is 5.97 Å². The number of aromatic nitrogens is 2. The minimum absolute atomic E-state index is 0.0785. The number of ether oxygens (including phenoxy) is 2. The molecule has 0 bridgehead atoms. The predicted molar refractivity (Wildman–Crippen MR) is 91.2 cm³/mol. The van der Waals surface area contributed by atoms with Gasteiger partial charge in [0.05, 0.1) is 12.2 Å². The van der Waals surface area contributed by atoms with Gasteiger partial charge in [-0.05, 0) is 38.1 Å². The normalized spacial score (nSPS) is 10.5. The smallest absolute Gasteiger partial charge is 0.338 e. The van der Waals surface area contributed by atoms with Crippen molar-refractivity contribution < 1.29 is 18.8 Å². The van der Waals surface area contributed by atoms with Crippen molar-refractivity contribution in [1.82, 2.24) is 10.1 Å². The summed E-state index contributed by atoms with van der Waals surface area (Å²) in [7, 11) is 0. The van der Waals surface area contributed by atoms with Crippen molar-refractivity contribution in [1.29, 1.82) is 0 Å². The molecule has 6 nitrogen and oxygen atoms in total. The van der Waals surface area contributed by atoms with Crippen LogP contribution in [0.15, 0.2) is 53.1 Å². The minimum Gasteiger partial charge on any atom is -0.494 e. The first-order valence-electron chi connectivity index (χ1n) is 7.95. The maximum absolute atomic E-state index is 12.0. The Balaban J connectivity index is 1.60. The predicted octanol–water partition coefficient (Wildman–Crippen LogP) is 3.80. The number of benzene rings is 2. The van der Waals surface area contributed by atoms with E-state index in [9.17, 15) is 4.79 Å². The summed E-state index contributed by atoms with van der Waals surface area (Å²) in [5, 5.41) is 3.90. The highest BCUT2D eigenvalue weighted by molar-refractivity contribution is 5.89. The molecule has 0 atom stereocenters. The first-order chi connectivity index (χ1) is 12.2. The van der Waals surface area contributed by atoms with E-state index in [0.717, 1.165) is 11.1 Å². The standard InChI is InChI=1S/C19H18N2O4/c1-3-23-16-10-8-15(9-11-16)19(22)24-12-17-20-18(21-25-17)14-6-4-13(2)5-7-14/h4-11H,3,12H2,1-2H3. The lowest BCUT2D eigenvalue weighted by Crippen LogP contribution is -2.05. The molecule has 0 amide bonds. The van der Waals surface area contributed by atoms with Crippen molar-refractivity contribution in [3.63, 3.8) is 0 Å². The zero-order chi connectivity index (χ0) is 17.6. The van der Waals surface area contributed by atoms with Crippen molar-refractivity contribution in [2.75, 3.05) is 6.61 Å². The number of esters is 1. The highest BCUT2D eigenvalue weighted by Crippen LogP contribution is 2.17. The summed E-state index contributed by atoms with van der Waals surface area (Å²) < 4.78 is 15.7. The first-order valence-corrected chi connectivity index (χ1v) is 7.95. The van der Waals surface area contributed by atoms with Crippen LogP contribution in [-0.4, -0.2) is 22.7 Å². The van der Waals surface area contributed by atoms with E-state index in [0.29, 0.717) is 23.7 Å². The number of carbonyl (C=O) groups is 1. The van der Waals surface area contributed by atoms with Gasteiger partial charge in [0.15, 0.2) is 6.61 Å². The molecule has 0 radical (unpaired) electrons. The molecule has 3 aromatic rings. The van der Waals surface area contributed by atoms with E-state index in [1.165, 1.54) is 0 Å². The molecule has 0 aliphatic carbocycles. The summed E-state index contributed by atoms with van der Waals surface area (Å²) in [5.74, 6) is 0.957. The summed E-state index contributed by atoms with van der Waals surface area (Å²) in [6.45, 7) is 4.40. The van der Waals surface area contributed by atoms with Gasteiger partial charge in [0.2, 0.25) is 5.82 Å². The van der Waals surface area contributed by atoms with Gasteiger partial charge in [-0.3, -0.25) is 0 Å². The molecule has 0 aliphatic rings. The molecule has 6 heteroatoms. The van der Waals surface area contributed by atoms with Gasteiger partial charge in [0.25, 0.3) is 5.89 Å². The fourth-order valence-corrected chi connectivity index (χ4v) is 2.20. The molecular weight excluding hydrogens is 320 g/mol. The van der Waals surface area contributed by atoms with Crippen LogP contribution in [0.5, 0.6) is 5.75 Å². The van der Waals surface area contributed by atoms with Crippen LogP contribution in [-0.2, 0) is 11.3 Å². The Labute approximate surface area is 145 Å². The molecule has 1 aromatic heterocycles. The molecule has 3 rings (SSSR count). The molecule has 128 valence electrons. The van der Waals surface area contributed by atoms with Gasteiger partial charge in [-0.25, -0.2) is 4.79 Å². The summed E-state index contributed by atoms with van der Waals surface area (Å²) in [4.78, 5) is 16.3. The average Bonchev–Trinajstić information content (AvgIpc) is 3.10. The van der Waals surface area contributed by atoms with Crippen molar-refractivity contribution in [3.05, 3.63) is 65.5 Å². The third-order valence-corrected chi connectivity index (χ3v) is 3.51. The van der Waals surface area contributed by atoms with Gasteiger partial charge in [0.1, 0.15) is 5.75 Å². The number of aryl methyl sites for hydroxylation is 1. The first kappa shape index (κ1) is 16.7. The summed E-state index contributed by atoms with van der Waals surface area (Å²) in [6.07, 6.45) is 0. The van der Waals surface area contributed by atoms with Crippen LogP contribution >= 0.6 is 0 Å². The fourth-order valence-electron chi connectivity index (χ4n) is 2.20. The van der Waals surface area contributed by atoms with Crippen LogP contribution in [0.3, 0.4) is 0 Å².